The molecule has 1 aliphatic carbocycles. The van der Waals surface area contributed by atoms with Crippen LogP contribution in [-0.2, 0) is 4.74 Å². The average molecular weight is 156 g/mol. The highest BCUT2D eigenvalue weighted by Gasteiger charge is 2.43. The highest BCUT2D eigenvalue weighted by atomic mass is 16.5. The van der Waals surface area contributed by atoms with Crippen molar-refractivity contribution in [2.24, 2.45) is 11.3 Å². The maximum atomic E-state index is 8.94. The Morgan fingerprint density at radius 2 is 2.36 bits per heavy atom. The van der Waals surface area contributed by atoms with Gasteiger partial charge in [-0.2, -0.15) is 0 Å². The van der Waals surface area contributed by atoms with Gasteiger partial charge in [0.1, 0.15) is 0 Å². The van der Waals surface area contributed by atoms with E-state index in [9.17, 15) is 0 Å². The van der Waals surface area contributed by atoms with Gasteiger partial charge in [0.2, 0.25) is 0 Å². The molecule has 1 atom stereocenters. The molecule has 1 saturated carbocycles. The van der Waals surface area contributed by atoms with Crippen molar-refractivity contribution in [2.75, 3.05) is 13.7 Å². The SMILES string of the molecule is COC=C1CC(CO)C1(C)C. The van der Waals surface area contributed by atoms with Crippen molar-refractivity contribution in [2.45, 2.75) is 20.3 Å². The third-order valence-corrected chi connectivity index (χ3v) is 2.80. The largest absolute Gasteiger partial charge is 0.504 e. The Morgan fingerprint density at radius 1 is 1.73 bits per heavy atom. The normalized spacial score (nSPS) is 31.6. The Bertz CT molecular complexity index is 170. The van der Waals surface area contributed by atoms with Crippen molar-refractivity contribution in [3.05, 3.63) is 11.8 Å². The summed E-state index contributed by atoms with van der Waals surface area (Å²) < 4.78 is 4.93. The van der Waals surface area contributed by atoms with Gasteiger partial charge in [-0.25, -0.2) is 0 Å². The van der Waals surface area contributed by atoms with Crippen LogP contribution in [0.4, 0.5) is 0 Å². The Kier molecular flexibility index (Phi) is 2.23. The van der Waals surface area contributed by atoms with Crippen LogP contribution in [0, 0.1) is 11.3 Å². The second-order valence-corrected chi connectivity index (χ2v) is 3.68. The van der Waals surface area contributed by atoms with Crippen molar-refractivity contribution in [1.29, 1.82) is 0 Å². The molecule has 0 radical (unpaired) electrons. The standard InChI is InChI=1S/C9H16O2/c1-9(2)7(5-10)4-8(9)6-11-3/h6-7,10H,4-5H2,1-3H3. The first-order chi connectivity index (χ1) is 5.12. The maximum absolute atomic E-state index is 8.94. The Morgan fingerprint density at radius 3 is 2.73 bits per heavy atom. The average Bonchev–Trinajstić information content (AvgIpc) is 1.97. The minimum atomic E-state index is 0.144. The Hall–Kier alpha value is -0.500. The molecule has 64 valence electrons. The monoisotopic (exact) mass is 156 g/mol. The van der Waals surface area contributed by atoms with Gasteiger partial charge in [0.25, 0.3) is 0 Å². The fourth-order valence-corrected chi connectivity index (χ4v) is 1.55. The minimum Gasteiger partial charge on any atom is -0.504 e. The molecule has 0 aliphatic heterocycles. The van der Waals surface area contributed by atoms with Crippen molar-refractivity contribution < 1.29 is 9.84 Å². The van der Waals surface area contributed by atoms with Crippen molar-refractivity contribution >= 4 is 0 Å². The van der Waals surface area contributed by atoms with Crippen LogP contribution in [0.15, 0.2) is 11.8 Å². The summed E-state index contributed by atoms with van der Waals surface area (Å²) in [5, 5.41) is 8.94. The lowest BCUT2D eigenvalue weighted by Crippen LogP contribution is -2.39. The molecule has 0 aromatic carbocycles. The highest BCUT2D eigenvalue weighted by Crippen LogP contribution is 2.50. The molecule has 1 aliphatic rings. The van der Waals surface area contributed by atoms with Gasteiger partial charge in [0.05, 0.1) is 13.4 Å². The summed E-state index contributed by atoms with van der Waals surface area (Å²) in [7, 11) is 1.66. The predicted octanol–water partition coefficient (Wildman–Crippen LogP) is 1.56. The Labute approximate surface area is 67.9 Å². The van der Waals surface area contributed by atoms with Crippen molar-refractivity contribution in [3.63, 3.8) is 0 Å². The molecule has 0 saturated heterocycles. The van der Waals surface area contributed by atoms with Gasteiger partial charge < -0.3 is 9.84 Å². The number of hydrogen-bond acceptors (Lipinski definition) is 2. The molecule has 11 heavy (non-hydrogen) atoms. The van der Waals surface area contributed by atoms with Gasteiger partial charge in [-0.05, 0) is 23.3 Å². The van der Waals surface area contributed by atoms with E-state index in [0.717, 1.165) is 6.42 Å². The molecule has 2 nitrogen and oxygen atoms in total. The van der Waals surface area contributed by atoms with E-state index in [2.05, 4.69) is 13.8 Å². The first-order valence-corrected chi connectivity index (χ1v) is 3.96. The third-order valence-electron chi connectivity index (χ3n) is 2.80. The van der Waals surface area contributed by atoms with E-state index in [1.54, 1.807) is 13.4 Å². The van der Waals surface area contributed by atoms with E-state index >= 15 is 0 Å². The summed E-state index contributed by atoms with van der Waals surface area (Å²) in [4.78, 5) is 0. The summed E-state index contributed by atoms with van der Waals surface area (Å²) in [6.07, 6.45) is 2.78. The molecule has 1 unspecified atom stereocenters. The number of allylic oxidation sites excluding steroid dienone is 1. The first-order valence-electron chi connectivity index (χ1n) is 3.96. The lowest BCUT2D eigenvalue weighted by atomic mass is 9.59. The molecule has 0 bridgehead atoms. The van der Waals surface area contributed by atoms with E-state index in [-0.39, 0.29) is 12.0 Å². The number of hydrogen-bond donors (Lipinski definition) is 1. The zero-order chi connectivity index (χ0) is 8.48. The molecule has 0 amide bonds. The zero-order valence-corrected chi connectivity index (χ0v) is 7.42. The summed E-state index contributed by atoms with van der Waals surface area (Å²) >= 11 is 0. The van der Waals surface area contributed by atoms with Crippen LogP contribution < -0.4 is 0 Å². The summed E-state index contributed by atoms with van der Waals surface area (Å²) in [6.45, 7) is 4.57. The topological polar surface area (TPSA) is 29.5 Å². The maximum Gasteiger partial charge on any atom is 0.0822 e. The van der Waals surface area contributed by atoms with E-state index in [4.69, 9.17) is 9.84 Å². The van der Waals surface area contributed by atoms with Gasteiger partial charge in [-0.3, -0.25) is 0 Å². The van der Waals surface area contributed by atoms with Crippen LogP contribution in [0.25, 0.3) is 0 Å². The molecule has 2 heteroatoms. The summed E-state index contributed by atoms with van der Waals surface area (Å²) in [5.74, 6) is 0.420. The van der Waals surface area contributed by atoms with Gasteiger partial charge >= 0.3 is 0 Å². The molecule has 0 aromatic rings. The number of ether oxygens (including phenoxy) is 1. The summed E-state index contributed by atoms with van der Waals surface area (Å²) in [6, 6.07) is 0. The zero-order valence-electron chi connectivity index (χ0n) is 7.42. The van der Waals surface area contributed by atoms with Crippen LogP contribution in [-0.4, -0.2) is 18.8 Å². The fraction of sp³-hybridized carbons (Fsp3) is 0.778. The fourth-order valence-electron chi connectivity index (χ4n) is 1.55. The van der Waals surface area contributed by atoms with Crippen LogP contribution in [0.2, 0.25) is 0 Å². The number of rotatable bonds is 2. The molecule has 1 fully saturated rings. The molecule has 0 heterocycles. The van der Waals surface area contributed by atoms with Gasteiger partial charge in [0, 0.05) is 6.61 Å². The highest BCUT2D eigenvalue weighted by molar-refractivity contribution is 5.22. The van der Waals surface area contributed by atoms with Gasteiger partial charge in [0.15, 0.2) is 0 Å². The van der Waals surface area contributed by atoms with Crippen molar-refractivity contribution in [3.8, 4) is 0 Å². The third kappa shape index (κ3) is 1.27. The van der Waals surface area contributed by atoms with Gasteiger partial charge in [-0.1, -0.05) is 13.8 Å². The molecular weight excluding hydrogens is 140 g/mol. The van der Waals surface area contributed by atoms with Crippen LogP contribution in [0.3, 0.4) is 0 Å². The van der Waals surface area contributed by atoms with Crippen LogP contribution in [0.1, 0.15) is 20.3 Å². The quantitative estimate of drug-likeness (QED) is 0.615. The lowest BCUT2D eigenvalue weighted by Gasteiger charge is -2.46. The second-order valence-electron chi connectivity index (χ2n) is 3.68. The Balaban J connectivity index is 2.61. The van der Waals surface area contributed by atoms with Crippen LogP contribution >= 0.6 is 0 Å². The van der Waals surface area contributed by atoms with E-state index in [0.29, 0.717) is 5.92 Å². The lowest BCUT2D eigenvalue weighted by molar-refractivity contribution is 0.0790. The number of aliphatic hydroxyl groups excluding tert-OH is 1. The minimum absolute atomic E-state index is 0.144. The predicted molar refractivity (Wildman–Crippen MR) is 44.1 cm³/mol. The smallest absolute Gasteiger partial charge is 0.0822 e. The van der Waals surface area contributed by atoms with Gasteiger partial charge in [-0.15, -0.1) is 0 Å². The van der Waals surface area contributed by atoms with E-state index in [1.807, 2.05) is 0 Å². The molecular formula is C9H16O2. The molecule has 1 rings (SSSR count). The number of aliphatic hydroxyl groups is 1. The van der Waals surface area contributed by atoms with E-state index < -0.39 is 0 Å². The van der Waals surface area contributed by atoms with Crippen molar-refractivity contribution in [1.82, 2.24) is 0 Å². The molecule has 0 aromatic heterocycles. The molecule has 0 spiro atoms. The second kappa shape index (κ2) is 2.86. The van der Waals surface area contributed by atoms with Crippen LogP contribution in [0.5, 0.6) is 0 Å². The number of methoxy groups -OCH3 is 1. The summed E-state index contributed by atoms with van der Waals surface area (Å²) in [5.41, 5.74) is 1.45. The van der Waals surface area contributed by atoms with E-state index in [1.165, 1.54) is 5.57 Å². The molecule has 1 N–H and O–H groups in total. The first kappa shape index (κ1) is 8.60.